The molecule has 0 spiro atoms. The van der Waals surface area contributed by atoms with Crippen molar-refractivity contribution in [1.82, 2.24) is 14.9 Å². The van der Waals surface area contributed by atoms with Crippen LogP contribution in [0, 0.1) is 17.8 Å². The molecule has 6 heteroatoms. The van der Waals surface area contributed by atoms with Crippen LogP contribution in [-0.2, 0) is 14.9 Å². The Kier molecular flexibility index (Phi) is 5.64. The fraction of sp³-hybridized carbons (Fsp3) is 0.462. The van der Waals surface area contributed by atoms with E-state index in [-0.39, 0.29) is 11.3 Å². The summed E-state index contributed by atoms with van der Waals surface area (Å²) in [5.41, 5.74) is 2.06. The fourth-order valence-electron chi connectivity index (χ4n) is 5.05. The van der Waals surface area contributed by atoms with E-state index in [1.165, 1.54) is 0 Å². The van der Waals surface area contributed by atoms with E-state index < -0.39 is 0 Å². The zero-order chi connectivity index (χ0) is 22.1. The van der Waals surface area contributed by atoms with Crippen LogP contribution in [0.5, 0.6) is 0 Å². The summed E-state index contributed by atoms with van der Waals surface area (Å²) in [6, 6.07) is 2.03. The molecular formula is C26H32N4O2. The molecule has 3 aliphatic carbocycles. The van der Waals surface area contributed by atoms with Crippen LogP contribution >= 0.6 is 0 Å². The number of fused-ring (bicyclic) bond motifs is 4. The molecule has 5 rings (SSSR count). The number of likely N-dealkylation sites (N-methyl/N-ethyl adjacent to an activating group) is 1. The quantitative estimate of drug-likeness (QED) is 0.672. The molecule has 6 nitrogen and oxygen atoms in total. The first kappa shape index (κ1) is 21.0. The van der Waals surface area contributed by atoms with Gasteiger partial charge in [-0.05, 0) is 44.0 Å². The monoisotopic (exact) mass is 432 g/mol. The second kappa shape index (κ2) is 8.58. The molecule has 32 heavy (non-hydrogen) atoms. The third-order valence-corrected chi connectivity index (χ3v) is 7.12. The molecule has 1 saturated carbocycles. The Morgan fingerprint density at radius 3 is 3.09 bits per heavy atom. The van der Waals surface area contributed by atoms with E-state index in [4.69, 9.17) is 14.5 Å². The average molecular weight is 433 g/mol. The standard InChI is InChI=1S/C26H32N4O2/c1-18-19-8-7-9-21(18)28-25-27-13-11-23(29-25)26-12-10-22(31-3)24(20(26)16-26)32-15-6-4-5-14-30(2)17-19/h4-5,7-13,18-20H,6,14-17H2,1-3H3,(H,27,28,29)/b5-4+. The molecule has 0 aromatic carbocycles. The molecule has 4 aliphatic rings. The van der Waals surface area contributed by atoms with Crippen molar-refractivity contribution in [2.24, 2.45) is 17.8 Å². The van der Waals surface area contributed by atoms with Gasteiger partial charge in [-0.2, -0.15) is 0 Å². The lowest BCUT2D eigenvalue weighted by Gasteiger charge is -2.30. The number of hydrogen-bond donors (Lipinski definition) is 1. The lowest BCUT2D eigenvalue weighted by atomic mass is 9.86. The number of ether oxygens (including phenoxy) is 2. The summed E-state index contributed by atoms with van der Waals surface area (Å²) in [5, 5.41) is 3.51. The molecule has 0 radical (unpaired) electrons. The van der Waals surface area contributed by atoms with Gasteiger partial charge in [0.15, 0.2) is 5.76 Å². The molecule has 0 saturated heterocycles. The third-order valence-electron chi connectivity index (χ3n) is 7.12. The first-order chi connectivity index (χ1) is 15.6. The minimum Gasteiger partial charge on any atom is -0.493 e. The average Bonchev–Trinajstić information content (AvgIpc) is 3.55. The van der Waals surface area contributed by atoms with E-state index in [1.807, 2.05) is 18.3 Å². The summed E-state index contributed by atoms with van der Waals surface area (Å²) in [7, 11) is 3.88. The summed E-state index contributed by atoms with van der Waals surface area (Å²) >= 11 is 0. The lowest BCUT2D eigenvalue weighted by molar-refractivity contribution is 0.166. The van der Waals surface area contributed by atoms with Gasteiger partial charge in [-0.1, -0.05) is 37.3 Å². The molecule has 4 unspecified atom stereocenters. The molecular weight excluding hydrogens is 400 g/mol. The van der Waals surface area contributed by atoms with E-state index in [2.05, 4.69) is 65.6 Å². The normalized spacial score (nSPS) is 33.1. The maximum Gasteiger partial charge on any atom is 0.227 e. The molecule has 6 bridgehead atoms. The minimum atomic E-state index is -0.129. The number of hydrogen-bond acceptors (Lipinski definition) is 6. The largest absolute Gasteiger partial charge is 0.493 e. The smallest absolute Gasteiger partial charge is 0.227 e. The summed E-state index contributed by atoms with van der Waals surface area (Å²) in [4.78, 5) is 11.8. The number of aromatic nitrogens is 2. The van der Waals surface area contributed by atoms with Crippen LogP contribution in [0.4, 0.5) is 5.95 Å². The Balaban J connectivity index is 1.47. The van der Waals surface area contributed by atoms with Gasteiger partial charge in [-0.15, -0.1) is 0 Å². The summed E-state index contributed by atoms with van der Waals surface area (Å²) in [6.07, 6.45) is 19.0. The van der Waals surface area contributed by atoms with Crippen LogP contribution in [0.1, 0.15) is 25.5 Å². The Morgan fingerprint density at radius 2 is 2.22 bits per heavy atom. The predicted molar refractivity (Wildman–Crippen MR) is 126 cm³/mol. The number of anilines is 1. The Morgan fingerprint density at radius 1 is 1.31 bits per heavy atom. The minimum absolute atomic E-state index is 0.129. The van der Waals surface area contributed by atoms with Crippen molar-refractivity contribution in [2.75, 3.05) is 39.2 Å². The molecule has 0 amide bonds. The Bertz CT molecular complexity index is 1020. The highest BCUT2D eigenvalue weighted by atomic mass is 16.5. The third kappa shape index (κ3) is 3.88. The van der Waals surface area contributed by atoms with Crippen LogP contribution in [-0.4, -0.2) is 48.7 Å². The van der Waals surface area contributed by atoms with Gasteiger partial charge < -0.3 is 19.7 Å². The number of nitrogens with one attached hydrogen (secondary N) is 1. The van der Waals surface area contributed by atoms with Crippen LogP contribution in [0.3, 0.4) is 0 Å². The highest BCUT2D eigenvalue weighted by Gasteiger charge is 2.60. The summed E-state index contributed by atoms with van der Waals surface area (Å²) in [6.45, 7) is 4.85. The molecule has 1 aromatic rings. The zero-order valence-electron chi connectivity index (χ0n) is 19.1. The number of allylic oxidation sites excluding steroid dienone is 6. The second-order valence-electron chi connectivity index (χ2n) is 9.24. The molecule has 168 valence electrons. The maximum atomic E-state index is 6.25. The van der Waals surface area contributed by atoms with Crippen molar-refractivity contribution in [3.63, 3.8) is 0 Å². The van der Waals surface area contributed by atoms with E-state index in [9.17, 15) is 0 Å². The molecule has 1 aromatic heterocycles. The van der Waals surface area contributed by atoms with E-state index in [0.29, 0.717) is 24.4 Å². The predicted octanol–water partition coefficient (Wildman–Crippen LogP) is 4.19. The first-order valence-electron chi connectivity index (χ1n) is 11.5. The van der Waals surface area contributed by atoms with Gasteiger partial charge in [0.1, 0.15) is 5.76 Å². The van der Waals surface area contributed by atoms with Gasteiger partial charge in [-0.25, -0.2) is 9.97 Å². The van der Waals surface area contributed by atoms with Crippen molar-refractivity contribution in [3.05, 3.63) is 77.7 Å². The van der Waals surface area contributed by atoms with Gasteiger partial charge in [0.2, 0.25) is 5.95 Å². The molecule has 4 atom stereocenters. The molecule has 1 aliphatic heterocycles. The van der Waals surface area contributed by atoms with Gasteiger partial charge in [0.05, 0.1) is 19.4 Å². The topological polar surface area (TPSA) is 59.5 Å². The number of methoxy groups -OCH3 is 1. The van der Waals surface area contributed by atoms with Gasteiger partial charge >= 0.3 is 0 Å². The highest BCUT2D eigenvalue weighted by molar-refractivity contribution is 5.49. The van der Waals surface area contributed by atoms with E-state index >= 15 is 0 Å². The first-order valence-corrected chi connectivity index (χ1v) is 11.5. The number of nitrogens with zero attached hydrogens (tertiary/aromatic N) is 3. The van der Waals surface area contributed by atoms with Gasteiger partial charge in [-0.3, -0.25) is 0 Å². The highest BCUT2D eigenvalue weighted by Crippen LogP contribution is 2.61. The van der Waals surface area contributed by atoms with Crippen molar-refractivity contribution < 1.29 is 9.47 Å². The van der Waals surface area contributed by atoms with Crippen LogP contribution < -0.4 is 5.32 Å². The van der Waals surface area contributed by atoms with Gasteiger partial charge in [0, 0.05) is 42.2 Å². The SMILES string of the molecule is COC1=C2OCC/C=C/CN(C)CC3C=CC=C(Nc4nccc(n4)C4(C=C1)CC24)C3C. The fourth-order valence-corrected chi connectivity index (χ4v) is 5.05. The Hall–Kier alpha value is -2.86. The summed E-state index contributed by atoms with van der Waals surface area (Å²) < 4.78 is 11.9. The van der Waals surface area contributed by atoms with E-state index in [0.717, 1.165) is 48.8 Å². The zero-order valence-corrected chi connectivity index (χ0v) is 19.1. The maximum absolute atomic E-state index is 6.25. The van der Waals surface area contributed by atoms with Crippen LogP contribution in [0.15, 0.2) is 72.0 Å². The van der Waals surface area contributed by atoms with Crippen molar-refractivity contribution in [2.45, 2.75) is 25.2 Å². The van der Waals surface area contributed by atoms with Crippen molar-refractivity contribution in [1.29, 1.82) is 0 Å². The van der Waals surface area contributed by atoms with Crippen LogP contribution in [0.2, 0.25) is 0 Å². The van der Waals surface area contributed by atoms with Crippen molar-refractivity contribution in [3.8, 4) is 0 Å². The second-order valence-corrected chi connectivity index (χ2v) is 9.24. The molecule has 2 heterocycles. The summed E-state index contributed by atoms with van der Waals surface area (Å²) in [5.74, 6) is 3.51. The Labute approximate surface area is 190 Å². The molecule has 1 N–H and O–H groups in total. The van der Waals surface area contributed by atoms with Crippen molar-refractivity contribution >= 4 is 5.95 Å². The van der Waals surface area contributed by atoms with Gasteiger partial charge in [0.25, 0.3) is 0 Å². The molecule has 1 fully saturated rings. The van der Waals surface area contributed by atoms with Crippen LogP contribution in [0.25, 0.3) is 0 Å². The number of rotatable bonds is 1. The van der Waals surface area contributed by atoms with E-state index in [1.54, 1.807) is 7.11 Å². The lowest BCUT2D eigenvalue weighted by Crippen LogP contribution is -2.31.